The molecule has 5 heteroatoms. The van der Waals surface area contributed by atoms with E-state index in [4.69, 9.17) is 0 Å². The maximum absolute atomic E-state index is 13.8. The van der Waals surface area contributed by atoms with Crippen LogP contribution >= 0.6 is 0 Å². The van der Waals surface area contributed by atoms with Gasteiger partial charge >= 0.3 is 0 Å². The Kier molecular flexibility index (Phi) is 6.43. The molecule has 0 aromatic heterocycles. The van der Waals surface area contributed by atoms with E-state index in [0.29, 0.717) is 18.5 Å². The van der Waals surface area contributed by atoms with Crippen molar-refractivity contribution in [3.8, 4) is 0 Å². The molecule has 0 spiro atoms. The molecule has 3 rings (SSSR count). The van der Waals surface area contributed by atoms with Crippen molar-refractivity contribution >= 4 is 5.91 Å². The molecule has 1 aliphatic heterocycles. The molecule has 3 N–H and O–H groups in total. The zero-order valence-corrected chi connectivity index (χ0v) is 15.3. The van der Waals surface area contributed by atoms with Crippen molar-refractivity contribution in [2.24, 2.45) is 5.92 Å². The highest BCUT2D eigenvalue weighted by Crippen LogP contribution is 2.23. The third-order valence-electron chi connectivity index (χ3n) is 5.93. The molecule has 1 aliphatic carbocycles. The standard InChI is InChI=1S/C20H30FN3O/c1-16-6-2-5-9-19(16)22-20(25)15-24-12-10-23(11-13-24)14-17-7-3-4-8-18(17)21/h3-4,7-8,16,19H,2,5-6,9-15H2,1H3,(H,22,25)/p+2/t16-,19+/m0/s1. The summed E-state index contributed by atoms with van der Waals surface area (Å²) in [6, 6.07) is 7.42. The van der Waals surface area contributed by atoms with E-state index in [1.807, 2.05) is 12.1 Å². The highest BCUT2D eigenvalue weighted by Gasteiger charge is 2.28. The van der Waals surface area contributed by atoms with Crippen LogP contribution in [0.4, 0.5) is 4.39 Å². The fourth-order valence-corrected chi connectivity index (χ4v) is 4.24. The van der Waals surface area contributed by atoms with Gasteiger partial charge < -0.3 is 15.1 Å². The van der Waals surface area contributed by atoms with E-state index in [0.717, 1.165) is 44.7 Å². The van der Waals surface area contributed by atoms with Gasteiger partial charge in [0.25, 0.3) is 5.91 Å². The molecule has 25 heavy (non-hydrogen) atoms. The Bertz CT molecular complexity index is 572. The topological polar surface area (TPSA) is 38.0 Å². The lowest BCUT2D eigenvalue weighted by atomic mass is 9.86. The third kappa shape index (κ3) is 5.25. The summed E-state index contributed by atoms with van der Waals surface area (Å²) >= 11 is 0. The van der Waals surface area contributed by atoms with Gasteiger partial charge in [-0.15, -0.1) is 0 Å². The van der Waals surface area contributed by atoms with E-state index < -0.39 is 0 Å². The zero-order chi connectivity index (χ0) is 17.6. The van der Waals surface area contributed by atoms with Gasteiger partial charge in [0.15, 0.2) is 6.54 Å². The van der Waals surface area contributed by atoms with E-state index in [-0.39, 0.29) is 11.7 Å². The SMILES string of the molecule is C[C@H]1CCCC[C@H]1NC(=O)C[NH+]1CC[NH+](Cc2ccccc2F)CC1. The number of halogens is 1. The monoisotopic (exact) mass is 349 g/mol. The summed E-state index contributed by atoms with van der Waals surface area (Å²) in [4.78, 5) is 15.1. The summed E-state index contributed by atoms with van der Waals surface area (Å²) in [5.41, 5.74) is 0.796. The lowest BCUT2D eigenvalue weighted by Gasteiger charge is -2.32. The van der Waals surface area contributed by atoms with Crippen LogP contribution < -0.4 is 15.1 Å². The minimum atomic E-state index is -0.106. The quantitative estimate of drug-likeness (QED) is 0.677. The van der Waals surface area contributed by atoms with Crippen molar-refractivity contribution in [3.05, 3.63) is 35.6 Å². The average Bonchev–Trinajstić information content (AvgIpc) is 2.61. The zero-order valence-electron chi connectivity index (χ0n) is 15.3. The Hall–Kier alpha value is -1.46. The molecule has 1 aromatic carbocycles. The Morgan fingerprint density at radius 1 is 1.12 bits per heavy atom. The Balaban J connectivity index is 1.40. The minimum Gasteiger partial charge on any atom is -0.348 e. The summed E-state index contributed by atoms with van der Waals surface area (Å²) in [6.45, 7) is 7.53. The van der Waals surface area contributed by atoms with Crippen molar-refractivity contribution < 1.29 is 19.0 Å². The first-order chi connectivity index (χ1) is 12.1. The van der Waals surface area contributed by atoms with Crippen LogP contribution in [0.2, 0.25) is 0 Å². The number of benzene rings is 1. The number of hydrogen-bond acceptors (Lipinski definition) is 1. The summed E-state index contributed by atoms with van der Waals surface area (Å²) in [5.74, 6) is 0.701. The van der Waals surface area contributed by atoms with Crippen molar-refractivity contribution in [1.29, 1.82) is 0 Å². The maximum Gasteiger partial charge on any atom is 0.275 e. The predicted molar refractivity (Wildman–Crippen MR) is 95.9 cm³/mol. The molecule has 138 valence electrons. The number of hydrogen-bond donors (Lipinski definition) is 3. The van der Waals surface area contributed by atoms with Gasteiger partial charge in [-0.3, -0.25) is 4.79 Å². The predicted octanol–water partition coefficient (Wildman–Crippen LogP) is -0.196. The van der Waals surface area contributed by atoms with Crippen LogP contribution in [0.25, 0.3) is 0 Å². The fourth-order valence-electron chi connectivity index (χ4n) is 4.24. The average molecular weight is 349 g/mol. The van der Waals surface area contributed by atoms with Crippen molar-refractivity contribution in [3.63, 3.8) is 0 Å². The van der Waals surface area contributed by atoms with Gasteiger partial charge in [0, 0.05) is 11.6 Å². The second-order valence-electron chi connectivity index (χ2n) is 7.88. The Labute approximate surface area is 150 Å². The fraction of sp³-hybridized carbons (Fsp3) is 0.650. The summed E-state index contributed by atoms with van der Waals surface area (Å²) < 4.78 is 13.8. The molecule has 1 saturated heterocycles. The molecule has 4 nitrogen and oxygen atoms in total. The highest BCUT2D eigenvalue weighted by atomic mass is 19.1. The molecule has 1 aromatic rings. The van der Waals surface area contributed by atoms with Crippen LogP contribution in [-0.4, -0.2) is 44.7 Å². The first-order valence-electron chi connectivity index (χ1n) is 9.81. The molecule has 2 fully saturated rings. The first kappa shape index (κ1) is 18.3. The summed E-state index contributed by atoms with van der Waals surface area (Å²) in [7, 11) is 0. The van der Waals surface area contributed by atoms with Crippen LogP contribution in [0, 0.1) is 11.7 Å². The van der Waals surface area contributed by atoms with Gasteiger partial charge in [-0.05, 0) is 24.8 Å². The number of amides is 1. The van der Waals surface area contributed by atoms with Gasteiger partial charge in [-0.25, -0.2) is 4.39 Å². The van der Waals surface area contributed by atoms with Crippen LogP contribution in [-0.2, 0) is 11.3 Å². The van der Waals surface area contributed by atoms with Crippen LogP contribution in [0.1, 0.15) is 38.2 Å². The van der Waals surface area contributed by atoms with E-state index in [9.17, 15) is 9.18 Å². The highest BCUT2D eigenvalue weighted by molar-refractivity contribution is 5.77. The van der Waals surface area contributed by atoms with Crippen LogP contribution in [0.15, 0.2) is 24.3 Å². The number of rotatable bonds is 5. The summed E-state index contributed by atoms with van der Waals surface area (Å²) in [5, 5.41) is 3.26. The van der Waals surface area contributed by atoms with Gasteiger partial charge in [-0.2, -0.15) is 0 Å². The molecule has 0 bridgehead atoms. The van der Waals surface area contributed by atoms with Crippen molar-refractivity contribution in [1.82, 2.24) is 5.32 Å². The van der Waals surface area contributed by atoms with Gasteiger partial charge in [0.2, 0.25) is 0 Å². The summed E-state index contributed by atoms with van der Waals surface area (Å²) in [6.07, 6.45) is 4.89. The first-order valence-corrected chi connectivity index (χ1v) is 9.81. The van der Waals surface area contributed by atoms with E-state index in [1.165, 1.54) is 35.1 Å². The van der Waals surface area contributed by atoms with Gasteiger partial charge in [0.05, 0.1) is 0 Å². The molecule has 1 saturated carbocycles. The molecule has 0 unspecified atom stereocenters. The minimum absolute atomic E-state index is 0.106. The molecule has 2 atom stereocenters. The number of carbonyl (C=O) groups excluding carboxylic acids is 1. The molecular formula is C20H32FN3O+2. The number of nitrogens with one attached hydrogen (secondary N) is 3. The number of quaternary nitrogens is 2. The number of piperazine rings is 1. The van der Waals surface area contributed by atoms with Crippen LogP contribution in [0.3, 0.4) is 0 Å². The molecule has 1 amide bonds. The van der Waals surface area contributed by atoms with E-state index >= 15 is 0 Å². The second kappa shape index (κ2) is 8.77. The van der Waals surface area contributed by atoms with Gasteiger partial charge in [0.1, 0.15) is 38.5 Å². The number of carbonyl (C=O) groups is 1. The normalized spacial score (nSPS) is 30.0. The molecule has 1 heterocycles. The second-order valence-corrected chi connectivity index (χ2v) is 7.88. The van der Waals surface area contributed by atoms with Crippen LogP contribution in [0.5, 0.6) is 0 Å². The smallest absolute Gasteiger partial charge is 0.275 e. The lowest BCUT2D eigenvalue weighted by molar-refractivity contribution is -1.02. The third-order valence-corrected chi connectivity index (χ3v) is 5.93. The lowest BCUT2D eigenvalue weighted by Crippen LogP contribution is -3.28. The van der Waals surface area contributed by atoms with Crippen molar-refractivity contribution in [2.75, 3.05) is 32.7 Å². The maximum atomic E-state index is 13.8. The van der Waals surface area contributed by atoms with E-state index in [2.05, 4.69) is 12.2 Å². The van der Waals surface area contributed by atoms with E-state index in [1.54, 1.807) is 6.07 Å². The van der Waals surface area contributed by atoms with Crippen molar-refractivity contribution in [2.45, 2.75) is 45.2 Å². The molecule has 2 aliphatic rings. The molecular weight excluding hydrogens is 317 g/mol. The molecule has 0 radical (unpaired) electrons. The van der Waals surface area contributed by atoms with Gasteiger partial charge in [-0.1, -0.05) is 38.0 Å². The largest absolute Gasteiger partial charge is 0.348 e. The Morgan fingerprint density at radius 3 is 2.52 bits per heavy atom. The Morgan fingerprint density at radius 2 is 1.80 bits per heavy atom.